The van der Waals surface area contributed by atoms with E-state index in [2.05, 4.69) is 15.4 Å². The van der Waals surface area contributed by atoms with Crippen LogP contribution in [0, 0.1) is 5.92 Å². The quantitative estimate of drug-likeness (QED) is 0.669. The lowest BCUT2D eigenvalue weighted by atomic mass is 10.2. The maximum atomic E-state index is 13.2. The van der Waals surface area contributed by atoms with Crippen molar-refractivity contribution >= 4 is 23.7 Å². The van der Waals surface area contributed by atoms with Gasteiger partial charge in [0, 0.05) is 30.5 Å². The van der Waals surface area contributed by atoms with Crippen LogP contribution in [0.3, 0.4) is 0 Å². The number of carbonyl (C=O) groups is 1. The number of nitrogens with one attached hydrogen (secondary N) is 1. The first-order valence-electron chi connectivity index (χ1n) is 9.68. The Bertz CT molecular complexity index is 1140. The molecular formula is C21H23N5O3. The van der Waals surface area contributed by atoms with E-state index < -0.39 is 17.3 Å². The summed E-state index contributed by atoms with van der Waals surface area (Å²) in [7, 11) is 0. The number of pyridine rings is 1. The van der Waals surface area contributed by atoms with Crippen molar-refractivity contribution in [2.75, 3.05) is 0 Å². The first kappa shape index (κ1) is 18.9. The Hall–Kier alpha value is -3.42. The van der Waals surface area contributed by atoms with Crippen molar-refractivity contribution in [1.29, 1.82) is 0 Å². The third kappa shape index (κ3) is 3.78. The zero-order valence-electron chi connectivity index (χ0n) is 16.4. The molecular weight excluding hydrogens is 370 g/mol. The van der Waals surface area contributed by atoms with Crippen molar-refractivity contribution in [3.05, 3.63) is 57.8 Å². The summed E-state index contributed by atoms with van der Waals surface area (Å²) in [5, 5.41) is 17.7. The molecule has 3 aromatic rings. The van der Waals surface area contributed by atoms with Gasteiger partial charge in [0.25, 0.3) is 11.5 Å². The Labute approximate surface area is 167 Å². The number of aromatic nitrogens is 4. The Kier molecular flexibility index (Phi) is 4.92. The normalized spacial score (nSPS) is 14.2. The lowest BCUT2D eigenvalue weighted by Gasteiger charge is -2.15. The molecule has 1 fully saturated rings. The maximum absolute atomic E-state index is 13.2. The van der Waals surface area contributed by atoms with E-state index in [1.54, 1.807) is 18.6 Å². The summed E-state index contributed by atoms with van der Waals surface area (Å²) in [6, 6.07) is 3.82. The van der Waals surface area contributed by atoms with E-state index in [1.807, 2.05) is 38.1 Å². The highest BCUT2D eigenvalue weighted by molar-refractivity contribution is 5.96. The third-order valence-electron chi connectivity index (χ3n) is 4.74. The Morgan fingerprint density at radius 1 is 1.34 bits per heavy atom. The van der Waals surface area contributed by atoms with Gasteiger partial charge in [-0.2, -0.15) is 9.61 Å². The van der Waals surface area contributed by atoms with E-state index in [4.69, 9.17) is 0 Å². The summed E-state index contributed by atoms with van der Waals surface area (Å²) in [5.74, 6) is -0.841. The van der Waals surface area contributed by atoms with E-state index in [9.17, 15) is 14.7 Å². The molecule has 3 aromatic heterocycles. The summed E-state index contributed by atoms with van der Waals surface area (Å²) in [6.45, 7) is 4.37. The second-order valence-electron chi connectivity index (χ2n) is 7.71. The van der Waals surface area contributed by atoms with E-state index in [0.29, 0.717) is 17.8 Å². The van der Waals surface area contributed by atoms with E-state index in [-0.39, 0.29) is 17.5 Å². The summed E-state index contributed by atoms with van der Waals surface area (Å²) < 4.78 is 2.77. The molecule has 1 aliphatic carbocycles. The molecule has 1 saturated carbocycles. The van der Waals surface area contributed by atoms with Gasteiger partial charge in [0.1, 0.15) is 5.65 Å². The number of hydrogen-bond donors (Lipinski definition) is 2. The molecule has 4 rings (SSSR count). The third-order valence-corrected chi connectivity index (χ3v) is 4.74. The molecule has 8 heteroatoms. The van der Waals surface area contributed by atoms with Crippen LogP contribution in [0.4, 0.5) is 0 Å². The topological polar surface area (TPSA) is 102 Å². The molecule has 2 N–H and O–H groups in total. The fraction of sp³-hybridized carbons (Fsp3) is 0.333. The fourth-order valence-corrected chi connectivity index (χ4v) is 3.21. The Morgan fingerprint density at radius 3 is 2.79 bits per heavy atom. The molecule has 0 bridgehead atoms. The van der Waals surface area contributed by atoms with Gasteiger partial charge in [0.2, 0.25) is 5.88 Å². The lowest BCUT2D eigenvalue weighted by molar-refractivity contribution is 0.0944. The Morgan fingerprint density at radius 2 is 2.14 bits per heavy atom. The van der Waals surface area contributed by atoms with Gasteiger partial charge in [0.15, 0.2) is 5.56 Å². The minimum absolute atomic E-state index is 0.0751. The summed E-state index contributed by atoms with van der Waals surface area (Å²) in [5.41, 5.74) is 1.23. The predicted molar refractivity (Wildman–Crippen MR) is 110 cm³/mol. The molecule has 1 amide bonds. The number of hydrogen-bond acceptors (Lipinski definition) is 5. The van der Waals surface area contributed by atoms with Crippen LogP contribution in [0.1, 0.15) is 48.2 Å². The molecule has 0 saturated heterocycles. The van der Waals surface area contributed by atoms with Gasteiger partial charge in [-0.05, 0) is 36.5 Å². The average Bonchev–Trinajstić information content (AvgIpc) is 3.40. The first-order valence-corrected chi connectivity index (χ1v) is 9.68. The van der Waals surface area contributed by atoms with Crippen LogP contribution in [0.25, 0.3) is 17.8 Å². The monoisotopic (exact) mass is 393 g/mol. The molecule has 29 heavy (non-hydrogen) atoms. The molecule has 3 heterocycles. The van der Waals surface area contributed by atoms with Gasteiger partial charge in [-0.25, -0.2) is 0 Å². The van der Waals surface area contributed by atoms with Gasteiger partial charge in [-0.15, -0.1) is 0 Å². The zero-order valence-corrected chi connectivity index (χ0v) is 16.4. The van der Waals surface area contributed by atoms with Crippen molar-refractivity contribution in [3.63, 3.8) is 0 Å². The largest absolute Gasteiger partial charge is 0.492 e. The van der Waals surface area contributed by atoms with E-state index >= 15 is 0 Å². The molecule has 0 atom stereocenters. The van der Waals surface area contributed by atoms with Crippen LogP contribution in [0.5, 0.6) is 5.88 Å². The fourth-order valence-electron chi connectivity index (χ4n) is 3.21. The summed E-state index contributed by atoms with van der Waals surface area (Å²) in [4.78, 5) is 29.8. The van der Waals surface area contributed by atoms with Crippen molar-refractivity contribution < 1.29 is 9.90 Å². The number of amides is 1. The summed E-state index contributed by atoms with van der Waals surface area (Å²) >= 11 is 0. The second kappa shape index (κ2) is 7.54. The van der Waals surface area contributed by atoms with Crippen LogP contribution in [0.15, 0.2) is 35.5 Å². The van der Waals surface area contributed by atoms with E-state index in [0.717, 1.165) is 18.4 Å². The van der Waals surface area contributed by atoms with Crippen LogP contribution in [-0.4, -0.2) is 36.2 Å². The van der Waals surface area contributed by atoms with Gasteiger partial charge < -0.3 is 10.4 Å². The molecule has 0 radical (unpaired) electrons. The van der Waals surface area contributed by atoms with Gasteiger partial charge in [0.05, 0.1) is 6.20 Å². The number of carbonyl (C=O) groups excluding carboxylic acids is 1. The average molecular weight is 393 g/mol. The first-order chi connectivity index (χ1) is 14.0. The minimum Gasteiger partial charge on any atom is -0.492 e. The number of rotatable bonds is 6. The number of nitrogens with zero attached hydrogens (tertiary/aromatic N) is 4. The Balaban J connectivity index is 1.86. The van der Waals surface area contributed by atoms with Gasteiger partial charge in [-0.1, -0.05) is 26.0 Å². The number of fused-ring (bicyclic) bond motifs is 1. The highest BCUT2D eigenvalue weighted by atomic mass is 16.3. The van der Waals surface area contributed by atoms with Crippen LogP contribution < -0.4 is 10.9 Å². The maximum Gasteiger partial charge on any atom is 0.270 e. The smallest absolute Gasteiger partial charge is 0.270 e. The zero-order chi connectivity index (χ0) is 20.5. The standard InChI is InChI=1S/C21H23N5O3/c1-13(2)12-25-19-15(6-5-14-4-3-9-22-10-14)11-23-26(19)21(29)17(20(25)28)18(27)24-16-7-8-16/h3-6,9-11,13,16,29H,7-8,12H2,1-2H3,(H,24,27). The highest BCUT2D eigenvalue weighted by Crippen LogP contribution is 2.23. The second-order valence-corrected chi connectivity index (χ2v) is 7.71. The van der Waals surface area contributed by atoms with Crippen LogP contribution in [0.2, 0.25) is 0 Å². The molecule has 150 valence electrons. The highest BCUT2D eigenvalue weighted by Gasteiger charge is 2.29. The molecule has 0 unspecified atom stereocenters. The number of aromatic hydroxyl groups is 1. The minimum atomic E-state index is -0.558. The molecule has 1 aliphatic rings. The van der Waals surface area contributed by atoms with Crippen molar-refractivity contribution in [3.8, 4) is 5.88 Å². The van der Waals surface area contributed by atoms with Crippen molar-refractivity contribution in [2.24, 2.45) is 5.92 Å². The molecule has 0 aliphatic heterocycles. The molecule has 0 aromatic carbocycles. The van der Waals surface area contributed by atoms with Gasteiger partial charge >= 0.3 is 0 Å². The summed E-state index contributed by atoms with van der Waals surface area (Å²) in [6.07, 6.45) is 10.4. The predicted octanol–water partition coefficient (Wildman–Crippen LogP) is 2.32. The van der Waals surface area contributed by atoms with E-state index in [1.165, 1.54) is 9.08 Å². The van der Waals surface area contributed by atoms with Crippen LogP contribution >= 0.6 is 0 Å². The van der Waals surface area contributed by atoms with Gasteiger partial charge in [-0.3, -0.25) is 19.1 Å². The van der Waals surface area contributed by atoms with Crippen molar-refractivity contribution in [1.82, 2.24) is 24.5 Å². The van der Waals surface area contributed by atoms with Crippen LogP contribution in [-0.2, 0) is 6.54 Å². The molecule has 8 nitrogen and oxygen atoms in total. The lowest BCUT2D eigenvalue weighted by Crippen LogP contribution is -2.36. The SMILES string of the molecule is CC(C)Cn1c(=O)c(C(=O)NC2CC2)c(O)n2ncc(C=Cc3cccnc3)c12. The molecule has 0 spiro atoms. The van der Waals surface area contributed by atoms with Crippen molar-refractivity contribution in [2.45, 2.75) is 39.3 Å².